The topological polar surface area (TPSA) is 56.3 Å². The van der Waals surface area contributed by atoms with Gasteiger partial charge in [0.25, 0.3) is 0 Å². The van der Waals surface area contributed by atoms with Gasteiger partial charge in [0.15, 0.2) is 0 Å². The molecule has 0 spiro atoms. The molecule has 0 unspecified atom stereocenters. The quantitative estimate of drug-likeness (QED) is 0.533. The van der Waals surface area contributed by atoms with Gasteiger partial charge in [-0.05, 0) is 101 Å². The number of hydrogen-bond donors (Lipinski definition) is 2. The van der Waals surface area contributed by atoms with Gasteiger partial charge >= 0.3 is 0 Å². The van der Waals surface area contributed by atoms with Crippen LogP contribution >= 0.6 is 0 Å². The van der Waals surface area contributed by atoms with E-state index >= 15 is 0 Å². The summed E-state index contributed by atoms with van der Waals surface area (Å²) < 4.78 is 0. The molecule has 0 amide bonds. The summed E-state index contributed by atoms with van der Waals surface area (Å²) in [5, 5.41) is 0. The van der Waals surface area contributed by atoms with Crippen molar-refractivity contribution in [3.05, 3.63) is 82.7 Å². The van der Waals surface area contributed by atoms with E-state index in [9.17, 15) is 0 Å². The number of nitrogens with one attached hydrogen (secondary N) is 2. The zero-order valence-corrected chi connectivity index (χ0v) is 18.5. The van der Waals surface area contributed by atoms with Crippen LogP contribution in [-0.2, 0) is 5.41 Å². The van der Waals surface area contributed by atoms with Crippen molar-refractivity contribution in [2.75, 3.05) is 0 Å². The molecule has 2 aromatic heterocycles. The molecule has 5 rings (SSSR count). The minimum absolute atomic E-state index is 0.175. The van der Waals surface area contributed by atoms with Crippen molar-refractivity contribution < 1.29 is 0 Å². The summed E-state index contributed by atoms with van der Waals surface area (Å²) in [6, 6.07) is 8.70. The molecule has 0 saturated heterocycles. The third-order valence-corrected chi connectivity index (χ3v) is 6.86. The van der Waals surface area contributed by atoms with Crippen LogP contribution < -0.4 is 0 Å². The summed E-state index contributed by atoms with van der Waals surface area (Å²) in [4.78, 5) is 17.3. The number of aromatic amines is 2. The van der Waals surface area contributed by atoms with E-state index in [4.69, 9.17) is 9.98 Å². The first-order chi connectivity index (χ1) is 14.2. The molecule has 5 heterocycles. The number of aliphatic imine (C=N–C) groups is 2. The van der Waals surface area contributed by atoms with Gasteiger partial charge in [0, 0.05) is 33.6 Å². The largest absolute Gasteiger partial charge is 0.358 e. The molecule has 8 bridgehead atoms. The molecule has 0 atom stereocenters. The number of aromatic nitrogens is 2. The smallest absolute Gasteiger partial charge is 0.0683 e. The Labute approximate surface area is 177 Å². The summed E-state index contributed by atoms with van der Waals surface area (Å²) in [6.45, 7) is 13.1. The fourth-order valence-corrected chi connectivity index (χ4v) is 4.35. The Morgan fingerprint density at radius 1 is 0.600 bits per heavy atom. The molecule has 3 aliphatic rings. The first-order valence-electron chi connectivity index (χ1n) is 10.5. The Balaban J connectivity index is 1.76. The molecule has 0 fully saturated rings. The third-order valence-electron chi connectivity index (χ3n) is 6.86. The first-order valence-corrected chi connectivity index (χ1v) is 10.5. The molecule has 0 aliphatic carbocycles. The summed E-state index contributed by atoms with van der Waals surface area (Å²) >= 11 is 0. The number of allylic oxidation sites excluding steroid dienone is 6. The van der Waals surface area contributed by atoms with Gasteiger partial charge in [0.05, 0.1) is 22.8 Å². The molecular weight excluding hydrogens is 368 g/mol. The summed E-state index contributed by atoms with van der Waals surface area (Å²) in [5.41, 5.74) is 10.5. The third kappa shape index (κ3) is 2.67. The van der Waals surface area contributed by atoms with Crippen LogP contribution in [0.3, 0.4) is 0 Å². The van der Waals surface area contributed by atoms with E-state index in [2.05, 4.69) is 100 Å². The standard InChI is InChI=1S/C26H28N4/c1-15-17-7-11-21(27-17)25(3,4)23-13-9-19(29-23)16(2)20-10-14-24(30-20)26(5,6)22-12-8-18(15)28-22/h7-14,27,29H,1-6H3/b18-15-,20-16-. The molecule has 2 N–H and O–H groups in total. The van der Waals surface area contributed by atoms with E-state index in [0.29, 0.717) is 0 Å². The monoisotopic (exact) mass is 396 g/mol. The van der Waals surface area contributed by atoms with Crippen molar-refractivity contribution in [2.24, 2.45) is 15.4 Å². The van der Waals surface area contributed by atoms with E-state index in [1.54, 1.807) is 0 Å². The second-order valence-electron chi connectivity index (χ2n) is 9.50. The zero-order valence-electron chi connectivity index (χ0n) is 18.5. The van der Waals surface area contributed by atoms with E-state index in [1.165, 1.54) is 11.4 Å². The lowest BCUT2D eigenvalue weighted by Gasteiger charge is -2.23. The van der Waals surface area contributed by atoms with Gasteiger partial charge in [0.1, 0.15) is 0 Å². The lowest BCUT2D eigenvalue weighted by atomic mass is 9.82. The molecule has 0 aromatic carbocycles. The average molecular weight is 397 g/mol. The van der Waals surface area contributed by atoms with Gasteiger partial charge in [-0.3, -0.25) is 9.98 Å². The van der Waals surface area contributed by atoms with Crippen molar-refractivity contribution in [2.45, 2.75) is 47.0 Å². The summed E-state index contributed by atoms with van der Waals surface area (Å²) in [7, 11) is 0. The van der Waals surface area contributed by atoms with Crippen LogP contribution in [0.4, 0.5) is 0 Å². The SMILES string of the molecule is C/C1=C2\C=CC(=N2)C(C)(C)C2=N/C(=C(/C)c3ccc([nH]3)C(C)(C)c3ccc1[nH]3)C=C2. The van der Waals surface area contributed by atoms with Crippen molar-refractivity contribution in [3.8, 4) is 0 Å². The Morgan fingerprint density at radius 2 is 1.03 bits per heavy atom. The Morgan fingerprint density at radius 3 is 1.47 bits per heavy atom. The zero-order chi connectivity index (χ0) is 21.3. The maximum Gasteiger partial charge on any atom is 0.0683 e. The van der Waals surface area contributed by atoms with E-state index in [-0.39, 0.29) is 10.8 Å². The van der Waals surface area contributed by atoms with E-state index in [0.717, 1.165) is 45.4 Å². The highest BCUT2D eigenvalue weighted by Gasteiger charge is 2.33. The first kappa shape index (κ1) is 18.9. The van der Waals surface area contributed by atoms with E-state index in [1.807, 2.05) is 0 Å². The fourth-order valence-electron chi connectivity index (χ4n) is 4.35. The molecule has 3 aliphatic heterocycles. The van der Waals surface area contributed by atoms with Crippen LogP contribution in [0.1, 0.15) is 64.3 Å². The molecule has 0 radical (unpaired) electrons. The average Bonchev–Trinajstić information content (AvgIpc) is 3.50. The summed E-state index contributed by atoms with van der Waals surface area (Å²) in [5.74, 6) is 0. The van der Waals surface area contributed by atoms with Gasteiger partial charge in [0.2, 0.25) is 0 Å². The van der Waals surface area contributed by atoms with Gasteiger partial charge in [-0.2, -0.15) is 0 Å². The molecule has 0 saturated carbocycles. The Bertz CT molecular complexity index is 1150. The molecule has 30 heavy (non-hydrogen) atoms. The van der Waals surface area contributed by atoms with Crippen LogP contribution in [0, 0.1) is 5.41 Å². The van der Waals surface area contributed by atoms with Crippen molar-refractivity contribution >= 4 is 22.6 Å². The highest BCUT2D eigenvalue weighted by molar-refractivity contribution is 6.22. The predicted molar refractivity (Wildman–Crippen MR) is 126 cm³/mol. The second-order valence-corrected chi connectivity index (χ2v) is 9.50. The maximum absolute atomic E-state index is 5.00. The molecule has 152 valence electrons. The minimum atomic E-state index is -0.266. The number of fused-ring (bicyclic) bond motifs is 6. The number of nitrogens with zero attached hydrogens (tertiary/aromatic N) is 2. The van der Waals surface area contributed by atoms with Gasteiger partial charge in [-0.15, -0.1) is 0 Å². The second kappa shape index (κ2) is 6.18. The van der Waals surface area contributed by atoms with Crippen molar-refractivity contribution in [3.63, 3.8) is 0 Å². The Kier molecular flexibility index (Phi) is 3.88. The minimum Gasteiger partial charge on any atom is -0.358 e. The van der Waals surface area contributed by atoms with Crippen LogP contribution in [0.15, 0.2) is 69.9 Å². The molecule has 4 nitrogen and oxygen atoms in total. The van der Waals surface area contributed by atoms with Crippen LogP contribution in [-0.4, -0.2) is 21.4 Å². The highest BCUT2D eigenvalue weighted by Crippen LogP contribution is 2.37. The number of rotatable bonds is 0. The van der Waals surface area contributed by atoms with E-state index < -0.39 is 0 Å². The maximum atomic E-state index is 5.00. The van der Waals surface area contributed by atoms with Crippen LogP contribution in [0.5, 0.6) is 0 Å². The summed E-state index contributed by atoms with van der Waals surface area (Å²) in [6.07, 6.45) is 8.50. The number of H-pyrrole nitrogens is 2. The molecule has 4 heteroatoms. The fraction of sp³-hybridized carbons (Fsp3) is 0.308. The van der Waals surface area contributed by atoms with Gasteiger partial charge in [-0.25, -0.2) is 0 Å². The lowest BCUT2D eigenvalue weighted by molar-refractivity contribution is 0.602. The van der Waals surface area contributed by atoms with Gasteiger partial charge < -0.3 is 9.97 Å². The van der Waals surface area contributed by atoms with Crippen LogP contribution in [0.25, 0.3) is 11.1 Å². The predicted octanol–water partition coefficient (Wildman–Crippen LogP) is 6.19. The normalized spacial score (nSPS) is 26.2. The molecule has 2 aromatic rings. The highest BCUT2D eigenvalue weighted by atomic mass is 14.9. The van der Waals surface area contributed by atoms with Crippen molar-refractivity contribution in [1.29, 1.82) is 0 Å². The van der Waals surface area contributed by atoms with Gasteiger partial charge in [-0.1, -0.05) is 0 Å². The lowest BCUT2D eigenvalue weighted by Crippen LogP contribution is -2.30. The van der Waals surface area contributed by atoms with Crippen molar-refractivity contribution in [1.82, 2.24) is 9.97 Å². The molecular formula is C26H28N4. The van der Waals surface area contributed by atoms with Crippen LogP contribution in [0.2, 0.25) is 0 Å². The number of hydrogen-bond acceptors (Lipinski definition) is 2. The Hall–Kier alpha value is -3.14.